The number of halogens is 4. The lowest BCUT2D eigenvalue weighted by Gasteiger charge is -2.02. The molecule has 4 aromatic rings. The molecule has 30 heavy (non-hydrogen) atoms. The van der Waals surface area contributed by atoms with Gasteiger partial charge in [0.2, 0.25) is 0 Å². The predicted molar refractivity (Wildman–Crippen MR) is 111 cm³/mol. The van der Waals surface area contributed by atoms with Gasteiger partial charge in [-0.15, -0.1) is 0 Å². The van der Waals surface area contributed by atoms with E-state index in [1.54, 1.807) is 12.1 Å². The highest BCUT2D eigenvalue weighted by molar-refractivity contribution is 6.50. The van der Waals surface area contributed by atoms with Crippen LogP contribution in [0.4, 0.5) is 17.3 Å². The Labute approximate surface area is 171 Å². The molecule has 0 bridgehead atoms. The molecule has 0 saturated carbocycles. The van der Waals surface area contributed by atoms with E-state index in [-0.39, 0.29) is 5.75 Å². The van der Waals surface area contributed by atoms with Crippen molar-refractivity contribution in [3.05, 3.63) is 97.1 Å². The summed E-state index contributed by atoms with van der Waals surface area (Å²) in [5.41, 5.74) is 4.13. The summed E-state index contributed by atoms with van der Waals surface area (Å²) < 4.78 is 45.2. The molecule has 152 valence electrons. The van der Waals surface area contributed by atoms with E-state index in [4.69, 9.17) is 4.42 Å². The van der Waals surface area contributed by atoms with Crippen molar-refractivity contribution in [2.45, 2.75) is 0 Å². The number of benzene rings is 3. The van der Waals surface area contributed by atoms with Crippen LogP contribution in [0.5, 0.6) is 5.75 Å². The van der Waals surface area contributed by atoms with Crippen molar-refractivity contribution in [2.75, 3.05) is 0 Å². The zero-order chi connectivity index (χ0) is 21.6. The molecule has 0 aliphatic carbocycles. The maximum absolute atomic E-state index is 9.75. The number of hydrogen-bond acceptors (Lipinski definition) is 1. The average Bonchev–Trinajstić information content (AvgIpc) is 2.74. The van der Waals surface area contributed by atoms with Crippen LogP contribution in [0.25, 0.3) is 33.8 Å². The first-order valence-corrected chi connectivity index (χ1v) is 9.05. The van der Waals surface area contributed by atoms with Gasteiger partial charge < -0.3 is 22.4 Å². The second-order valence-electron chi connectivity index (χ2n) is 6.35. The van der Waals surface area contributed by atoms with Crippen molar-refractivity contribution < 1.29 is 26.8 Å². The lowest BCUT2D eigenvalue weighted by atomic mass is 10.0. The molecule has 7 heteroatoms. The predicted octanol–water partition coefficient (Wildman–Crippen LogP) is 7.57. The van der Waals surface area contributed by atoms with Gasteiger partial charge in [-0.3, -0.25) is 0 Å². The minimum Gasteiger partial charge on any atom is -0.508 e. The Bertz CT molecular complexity index is 1020. The second-order valence-corrected chi connectivity index (χ2v) is 6.35. The van der Waals surface area contributed by atoms with Crippen LogP contribution in [0.15, 0.2) is 101 Å². The molecule has 4 rings (SSSR count). The second kappa shape index (κ2) is 9.26. The van der Waals surface area contributed by atoms with E-state index in [0.717, 1.165) is 33.8 Å². The van der Waals surface area contributed by atoms with Gasteiger partial charge in [0, 0.05) is 5.56 Å². The molecule has 0 fully saturated rings. The van der Waals surface area contributed by atoms with Gasteiger partial charge in [-0.1, -0.05) is 48.5 Å². The minimum absolute atomic E-state index is 0.260. The third-order valence-electron chi connectivity index (χ3n) is 4.11. The summed E-state index contributed by atoms with van der Waals surface area (Å²) in [7, 11) is -6.00. The molecule has 1 N–H and O–H groups in total. The van der Waals surface area contributed by atoms with E-state index in [2.05, 4.69) is 0 Å². The molecule has 0 saturated heterocycles. The fourth-order valence-electron chi connectivity index (χ4n) is 2.81. The molecule has 0 radical (unpaired) electrons. The number of phenolic OH excluding ortho intramolecular Hbond substituents is 1. The molecular formula is C23H17BF4O2. The van der Waals surface area contributed by atoms with Crippen LogP contribution in [0.2, 0.25) is 0 Å². The Balaban J connectivity index is 0.000000461. The zero-order valence-electron chi connectivity index (χ0n) is 15.7. The van der Waals surface area contributed by atoms with Crippen LogP contribution < -0.4 is 0 Å². The summed E-state index contributed by atoms with van der Waals surface area (Å²) in [5, 5.41) is 9.55. The van der Waals surface area contributed by atoms with Crippen molar-refractivity contribution >= 4 is 7.25 Å². The molecule has 0 aliphatic rings. The van der Waals surface area contributed by atoms with E-state index in [0.29, 0.717) is 0 Å². The summed E-state index contributed by atoms with van der Waals surface area (Å²) in [6, 6.07) is 31.4. The van der Waals surface area contributed by atoms with Crippen LogP contribution in [0.3, 0.4) is 0 Å². The monoisotopic (exact) mass is 412 g/mol. The first-order chi connectivity index (χ1) is 14.3. The van der Waals surface area contributed by atoms with E-state index >= 15 is 0 Å². The van der Waals surface area contributed by atoms with E-state index in [9.17, 15) is 22.4 Å². The molecule has 3 aromatic carbocycles. The van der Waals surface area contributed by atoms with Crippen molar-refractivity contribution in [3.63, 3.8) is 0 Å². The van der Waals surface area contributed by atoms with Crippen molar-refractivity contribution in [1.82, 2.24) is 0 Å². The lowest BCUT2D eigenvalue weighted by Crippen LogP contribution is -2.02. The average molecular weight is 412 g/mol. The number of phenols is 1. The summed E-state index contributed by atoms with van der Waals surface area (Å²) in [6.45, 7) is 0. The van der Waals surface area contributed by atoms with Crippen molar-refractivity contribution in [1.29, 1.82) is 0 Å². The highest BCUT2D eigenvalue weighted by Gasteiger charge is 2.21. The number of hydrogen-bond donors (Lipinski definition) is 1. The first kappa shape index (κ1) is 21.1. The van der Waals surface area contributed by atoms with Gasteiger partial charge in [0.15, 0.2) is 0 Å². The van der Waals surface area contributed by atoms with Crippen LogP contribution in [0.1, 0.15) is 0 Å². The van der Waals surface area contributed by atoms with Crippen LogP contribution in [0, 0.1) is 0 Å². The van der Waals surface area contributed by atoms with Crippen LogP contribution in [-0.4, -0.2) is 12.4 Å². The Morgan fingerprint density at radius 2 is 0.933 bits per heavy atom. The van der Waals surface area contributed by atoms with Crippen LogP contribution in [-0.2, 0) is 0 Å². The van der Waals surface area contributed by atoms with Crippen molar-refractivity contribution in [2.24, 2.45) is 0 Å². The molecule has 2 nitrogen and oxygen atoms in total. The minimum atomic E-state index is -6.00. The fourth-order valence-corrected chi connectivity index (χ4v) is 2.81. The zero-order valence-corrected chi connectivity index (χ0v) is 15.7. The van der Waals surface area contributed by atoms with E-state index in [1.165, 1.54) is 0 Å². The Hall–Kier alpha value is -3.61. The molecule has 0 atom stereocenters. The fraction of sp³-hybridized carbons (Fsp3) is 0. The quantitative estimate of drug-likeness (QED) is 0.214. The number of aromatic hydroxyl groups is 1. The Kier molecular flexibility index (Phi) is 6.52. The van der Waals surface area contributed by atoms with E-state index in [1.807, 2.05) is 84.9 Å². The van der Waals surface area contributed by atoms with E-state index < -0.39 is 7.25 Å². The van der Waals surface area contributed by atoms with Gasteiger partial charge in [0.1, 0.15) is 5.75 Å². The first-order valence-electron chi connectivity index (χ1n) is 9.05. The lowest BCUT2D eigenvalue weighted by molar-refractivity contribution is 0.368. The summed E-state index contributed by atoms with van der Waals surface area (Å²) in [4.78, 5) is 0. The van der Waals surface area contributed by atoms with Crippen LogP contribution >= 0.6 is 0 Å². The van der Waals surface area contributed by atoms with Gasteiger partial charge in [-0.25, -0.2) is 4.42 Å². The summed E-state index contributed by atoms with van der Waals surface area (Å²) in [6.07, 6.45) is 0. The highest BCUT2D eigenvalue weighted by atomic mass is 19.5. The number of rotatable bonds is 3. The third kappa shape index (κ3) is 6.20. The molecule has 1 heterocycles. The molecule has 0 aliphatic heterocycles. The Morgan fingerprint density at radius 1 is 0.533 bits per heavy atom. The van der Waals surface area contributed by atoms with Gasteiger partial charge in [-0.2, -0.15) is 0 Å². The summed E-state index contributed by atoms with van der Waals surface area (Å²) >= 11 is 0. The molecular weight excluding hydrogens is 395 g/mol. The third-order valence-corrected chi connectivity index (χ3v) is 4.11. The maximum atomic E-state index is 9.75. The Morgan fingerprint density at radius 3 is 1.33 bits per heavy atom. The maximum Gasteiger partial charge on any atom is 0.673 e. The normalized spacial score (nSPS) is 10.8. The largest absolute Gasteiger partial charge is 0.673 e. The van der Waals surface area contributed by atoms with Gasteiger partial charge in [0.25, 0.3) is 0 Å². The topological polar surface area (TPSA) is 31.5 Å². The van der Waals surface area contributed by atoms with Gasteiger partial charge in [-0.05, 0) is 42.0 Å². The highest BCUT2D eigenvalue weighted by Crippen LogP contribution is 2.33. The van der Waals surface area contributed by atoms with Gasteiger partial charge >= 0.3 is 18.8 Å². The van der Waals surface area contributed by atoms with Crippen molar-refractivity contribution in [3.8, 4) is 39.5 Å². The molecule has 0 unspecified atom stereocenters. The SMILES string of the molecule is F[B-](F)(F)F.Oc1ccc(-c2cc(-c3ccccc3)[o+]c(-c3ccccc3)c2)cc1. The molecule has 0 spiro atoms. The smallest absolute Gasteiger partial charge is 0.508 e. The van der Waals surface area contributed by atoms with Gasteiger partial charge in [0.05, 0.1) is 23.3 Å². The molecule has 1 aromatic heterocycles. The summed E-state index contributed by atoms with van der Waals surface area (Å²) in [5.74, 6) is 1.88. The standard InChI is InChI=1S/C23H16O2.BF4/c24-21-13-11-17(12-14-21)20-15-22(18-7-3-1-4-8-18)25-23(16-20)19-9-5-2-6-10-19;2-1(3,4)5/h1-16H;/q;-1/p+1. The molecule has 0 amide bonds.